The van der Waals surface area contributed by atoms with Crippen LogP contribution >= 0.6 is 0 Å². The van der Waals surface area contributed by atoms with Crippen molar-refractivity contribution >= 4 is 45.9 Å². The number of likely N-dealkylation sites (tertiary alicyclic amines) is 2. The maximum atomic E-state index is 15.2. The summed E-state index contributed by atoms with van der Waals surface area (Å²) in [5.74, 6) is -2.14. The lowest BCUT2D eigenvalue weighted by atomic mass is 9.71. The number of nitrogens with zero attached hydrogens (tertiary/aromatic N) is 5. The van der Waals surface area contributed by atoms with E-state index < -0.39 is 23.1 Å². The Balaban J connectivity index is 0.827. The molecule has 3 amide bonds. The Bertz CT molecular complexity index is 2870. The number of amides is 3. The summed E-state index contributed by atoms with van der Waals surface area (Å²) in [6.45, 7) is 9.01. The second-order valence-corrected chi connectivity index (χ2v) is 18.0. The first-order valence-electron chi connectivity index (χ1n) is 21.7. The number of benzene rings is 4. The minimum Gasteiger partial charge on any atom is -0.495 e. The summed E-state index contributed by atoms with van der Waals surface area (Å²) >= 11 is 0. The predicted octanol–water partition coefficient (Wildman–Crippen LogP) is 7.80. The zero-order valence-corrected chi connectivity index (χ0v) is 36.6. The highest BCUT2D eigenvalue weighted by Crippen LogP contribution is 2.42. The molecule has 0 atom stereocenters. The van der Waals surface area contributed by atoms with Crippen molar-refractivity contribution in [3.05, 3.63) is 125 Å². The Kier molecular flexibility index (Phi) is 11.3. The normalized spacial score (nSPS) is 16.5. The van der Waals surface area contributed by atoms with Crippen LogP contribution in [0.4, 0.5) is 20.2 Å². The van der Waals surface area contributed by atoms with Gasteiger partial charge in [0.15, 0.2) is 0 Å². The molecule has 4 aromatic carbocycles. The maximum absolute atomic E-state index is 15.2. The number of aromatic amines is 1. The van der Waals surface area contributed by atoms with Gasteiger partial charge in [-0.25, -0.2) is 18.7 Å². The van der Waals surface area contributed by atoms with Gasteiger partial charge >= 0.3 is 0 Å². The molecule has 0 radical (unpaired) electrons. The molecule has 9 rings (SSSR count). The van der Waals surface area contributed by atoms with E-state index in [4.69, 9.17) is 4.74 Å². The molecule has 3 aliphatic heterocycles. The summed E-state index contributed by atoms with van der Waals surface area (Å²) in [4.78, 5) is 69.5. The third kappa shape index (κ3) is 8.61. The van der Waals surface area contributed by atoms with Crippen molar-refractivity contribution < 1.29 is 37.8 Å². The average molecular weight is 882 g/mol. The van der Waals surface area contributed by atoms with Gasteiger partial charge in [-0.05, 0) is 117 Å². The molecule has 6 aromatic rings. The van der Waals surface area contributed by atoms with Gasteiger partial charge in [-0.3, -0.25) is 24.1 Å². The number of rotatable bonds is 10. The fourth-order valence-corrected chi connectivity index (χ4v) is 9.28. The number of H-pyrrole nitrogens is 1. The lowest BCUT2D eigenvalue weighted by Gasteiger charge is -2.54. The summed E-state index contributed by atoms with van der Waals surface area (Å²) in [5, 5.41) is 13.6. The smallest absolute Gasteiger partial charge is 0.258 e. The number of fused-ring (bicyclic) bond motifs is 1. The standard InChI is InChI=1S/C50H49F2N7O6/c1-29-37(21-34(51)22-40(29)56-47(62)36-11-10-33(20-39(36)52)49(2,3)64)45-38-24-41(55-46(38)54-28-53-45)31-7-5-30(6-8-31)25-57-17-14-50(15-18-57)26-58(27-50)48(63)32-9-12-43(65-4)42(19-32)59-16-13-35(60)23-44(59)61/h5-12,19-22,24,28,64H,13-18,23,25-27H2,1-4H3,(H,56,62)(H,53,54,55). The van der Waals surface area contributed by atoms with Gasteiger partial charge in [0.1, 0.15) is 35.1 Å². The number of Topliss-reactive ketones (excluding diaryl/α,β-unsaturated/α-hetero) is 1. The second-order valence-electron chi connectivity index (χ2n) is 18.0. The summed E-state index contributed by atoms with van der Waals surface area (Å²) in [5.41, 5.74) is 4.90. The van der Waals surface area contributed by atoms with Crippen LogP contribution in [-0.4, -0.2) is 93.2 Å². The van der Waals surface area contributed by atoms with Crippen LogP contribution in [0.15, 0.2) is 85.2 Å². The highest BCUT2D eigenvalue weighted by molar-refractivity contribution is 6.10. The van der Waals surface area contributed by atoms with Gasteiger partial charge in [0, 0.05) is 65.9 Å². The van der Waals surface area contributed by atoms with Crippen molar-refractivity contribution in [3.8, 4) is 28.3 Å². The number of piperidine rings is 2. The first kappa shape index (κ1) is 43.4. The lowest BCUT2D eigenvalue weighted by molar-refractivity contribution is -0.128. The maximum Gasteiger partial charge on any atom is 0.258 e. The van der Waals surface area contributed by atoms with Crippen LogP contribution < -0.4 is 15.0 Å². The zero-order valence-electron chi connectivity index (χ0n) is 36.6. The first-order chi connectivity index (χ1) is 31.1. The van der Waals surface area contributed by atoms with E-state index in [1.807, 2.05) is 23.1 Å². The second kappa shape index (κ2) is 16.9. The number of aliphatic hydroxyl groups is 1. The Labute approximate surface area is 374 Å². The molecule has 334 valence electrons. The quantitative estimate of drug-likeness (QED) is 0.117. The SMILES string of the molecule is COc1ccc(C(=O)N2CC3(CCN(Cc4ccc(-c5cc6c(-c7cc(F)cc(NC(=O)c8ccc(C(C)(C)O)cc8F)c7C)ncnc6[nH]5)cc4)CC3)C2)cc1N1CCC(=O)CC1=O. The molecular weight excluding hydrogens is 833 g/mol. The van der Waals surface area contributed by atoms with E-state index in [9.17, 15) is 28.7 Å². The number of anilines is 2. The fourth-order valence-electron chi connectivity index (χ4n) is 9.28. The molecule has 15 heteroatoms. The summed E-state index contributed by atoms with van der Waals surface area (Å²) in [7, 11) is 1.52. The number of carbonyl (C=O) groups is 4. The molecule has 1 spiro atoms. The molecule has 5 heterocycles. The van der Waals surface area contributed by atoms with E-state index in [1.54, 1.807) is 30.0 Å². The third-order valence-corrected chi connectivity index (χ3v) is 13.1. The third-order valence-electron chi connectivity index (χ3n) is 13.1. The predicted molar refractivity (Wildman–Crippen MR) is 241 cm³/mol. The minimum absolute atomic E-state index is 0.0776. The van der Waals surface area contributed by atoms with E-state index >= 15 is 4.39 Å². The minimum atomic E-state index is -1.29. The first-order valence-corrected chi connectivity index (χ1v) is 21.7. The number of nitrogens with one attached hydrogen (secondary N) is 2. The molecule has 3 saturated heterocycles. The molecule has 3 fully saturated rings. The Morgan fingerprint density at radius 2 is 1.69 bits per heavy atom. The van der Waals surface area contributed by atoms with Gasteiger partial charge in [-0.1, -0.05) is 30.3 Å². The zero-order chi connectivity index (χ0) is 45.8. The van der Waals surface area contributed by atoms with Crippen molar-refractivity contribution in [1.29, 1.82) is 0 Å². The number of aromatic nitrogens is 3. The Hall–Kier alpha value is -6.84. The van der Waals surface area contributed by atoms with E-state index in [0.29, 0.717) is 63.5 Å². The van der Waals surface area contributed by atoms with Crippen molar-refractivity contribution in [1.82, 2.24) is 24.8 Å². The molecule has 3 aliphatic rings. The van der Waals surface area contributed by atoms with Crippen LogP contribution in [0, 0.1) is 24.0 Å². The number of hydrogen-bond donors (Lipinski definition) is 3. The van der Waals surface area contributed by atoms with Crippen molar-refractivity contribution in [2.24, 2.45) is 5.41 Å². The number of carbonyl (C=O) groups excluding carboxylic acids is 4. The summed E-state index contributed by atoms with van der Waals surface area (Å²) in [6, 6.07) is 21.8. The van der Waals surface area contributed by atoms with Crippen LogP contribution in [0.25, 0.3) is 33.5 Å². The van der Waals surface area contributed by atoms with Gasteiger partial charge < -0.3 is 29.9 Å². The van der Waals surface area contributed by atoms with Crippen LogP contribution in [-0.2, 0) is 21.7 Å². The average Bonchev–Trinajstić information content (AvgIpc) is 3.71. The monoisotopic (exact) mass is 881 g/mol. The largest absolute Gasteiger partial charge is 0.495 e. The molecule has 0 unspecified atom stereocenters. The highest BCUT2D eigenvalue weighted by Gasteiger charge is 2.47. The molecule has 65 heavy (non-hydrogen) atoms. The van der Waals surface area contributed by atoms with E-state index in [-0.39, 0.29) is 53.6 Å². The molecule has 0 saturated carbocycles. The molecule has 0 aliphatic carbocycles. The fraction of sp³-hybridized carbons (Fsp3) is 0.320. The molecule has 13 nitrogen and oxygen atoms in total. The number of halogens is 2. The topological polar surface area (TPSA) is 161 Å². The van der Waals surface area contributed by atoms with E-state index in [2.05, 4.69) is 37.3 Å². The van der Waals surface area contributed by atoms with Gasteiger partial charge in [-0.2, -0.15) is 0 Å². The van der Waals surface area contributed by atoms with Crippen molar-refractivity contribution in [3.63, 3.8) is 0 Å². The van der Waals surface area contributed by atoms with Crippen LogP contribution in [0.1, 0.15) is 76.9 Å². The van der Waals surface area contributed by atoms with E-state index in [0.717, 1.165) is 55.4 Å². The highest BCUT2D eigenvalue weighted by atomic mass is 19.1. The molecular formula is C50H49F2N7O6. The Morgan fingerprint density at radius 1 is 0.938 bits per heavy atom. The summed E-state index contributed by atoms with van der Waals surface area (Å²) in [6.07, 6.45) is 3.48. The molecule has 2 aromatic heterocycles. The van der Waals surface area contributed by atoms with Crippen LogP contribution in [0.2, 0.25) is 0 Å². The van der Waals surface area contributed by atoms with E-state index in [1.165, 1.54) is 51.6 Å². The van der Waals surface area contributed by atoms with Crippen molar-refractivity contribution in [2.45, 2.75) is 58.6 Å². The number of methoxy groups -OCH3 is 1. The molecule has 3 N–H and O–H groups in total. The summed E-state index contributed by atoms with van der Waals surface area (Å²) < 4.78 is 35.7. The molecule has 0 bridgehead atoms. The number of hydrogen-bond acceptors (Lipinski definition) is 9. The number of ketones is 1. The van der Waals surface area contributed by atoms with Crippen LogP contribution in [0.5, 0.6) is 5.75 Å². The Morgan fingerprint density at radius 3 is 2.38 bits per heavy atom. The van der Waals surface area contributed by atoms with Gasteiger partial charge in [0.2, 0.25) is 5.91 Å². The van der Waals surface area contributed by atoms with Gasteiger partial charge in [0.25, 0.3) is 11.8 Å². The van der Waals surface area contributed by atoms with Crippen molar-refractivity contribution in [2.75, 3.05) is 50.1 Å². The number of ether oxygens (including phenoxy) is 1. The van der Waals surface area contributed by atoms with Gasteiger partial charge in [0.05, 0.1) is 36.1 Å². The lowest BCUT2D eigenvalue weighted by Crippen LogP contribution is -2.61. The van der Waals surface area contributed by atoms with Crippen LogP contribution in [0.3, 0.4) is 0 Å². The van der Waals surface area contributed by atoms with Gasteiger partial charge in [-0.15, -0.1) is 0 Å².